The van der Waals surface area contributed by atoms with Crippen molar-refractivity contribution < 1.29 is 19.8 Å². The van der Waals surface area contributed by atoms with Gasteiger partial charge in [-0.15, -0.1) is 0 Å². The Labute approximate surface area is 115 Å². The molecule has 2 unspecified atom stereocenters. The van der Waals surface area contributed by atoms with Crippen molar-refractivity contribution in [1.29, 1.82) is 0 Å². The molecule has 0 saturated carbocycles. The number of carbonyl (C=O) groups excluding carboxylic acids is 2. The number of aliphatic carboxylic acids is 2. The third kappa shape index (κ3) is 5.59. The monoisotopic (exact) mass is 248 g/mol. The maximum atomic E-state index is 9.99. The van der Waals surface area contributed by atoms with E-state index in [1.54, 1.807) is 24.6 Å². The van der Waals surface area contributed by atoms with Gasteiger partial charge in [0.15, 0.2) is 0 Å². The van der Waals surface area contributed by atoms with Crippen LogP contribution in [-0.2, 0) is 9.59 Å². The van der Waals surface area contributed by atoms with Gasteiger partial charge in [-0.05, 0) is 25.2 Å². The van der Waals surface area contributed by atoms with Crippen molar-refractivity contribution >= 4 is 35.0 Å². The summed E-state index contributed by atoms with van der Waals surface area (Å²) in [6, 6.07) is -0.981. The third-order valence-electron chi connectivity index (χ3n) is 2.14. The van der Waals surface area contributed by atoms with Gasteiger partial charge in [-0.2, -0.15) is 0 Å². The summed E-state index contributed by atoms with van der Waals surface area (Å²) in [6.07, 6.45) is 7.87. The maximum absolute atomic E-state index is 9.99. The van der Waals surface area contributed by atoms with Gasteiger partial charge in [0.2, 0.25) is 0 Å². The molecule has 0 aromatic carbocycles. The zero-order valence-electron chi connectivity index (χ0n) is 9.22. The van der Waals surface area contributed by atoms with E-state index < -0.39 is 24.0 Å². The van der Waals surface area contributed by atoms with Gasteiger partial charge in [0.1, 0.15) is 0 Å². The van der Waals surface area contributed by atoms with Crippen LogP contribution in [0.1, 0.15) is 12.8 Å². The van der Waals surface area contributed by atoms with Crippen molar-refractivity contribution in [2.24, 2.45) is 0 Å². The zero-order valence-corrected chi connectivity index (χ0v) is 10.6. The SMILES string of the molecule is O=C([O-])C1CC=CN1.O=C([O-])C1CC=CN1.[Mg+2]. The first-order valence-electron chi connectivity index (χ1n) is 4.85. The van der Waals surface area contributed by atoms with Crippen molar-refractivity contribution in [3.63, 3.8) is 0 Å². The molecular weight excluding hydrogens is 236 g/mol. The van der Waals surface area contributed by atoms with Crippen LogP contribution in [-0.4, -0.2) is 47.1 Å². The topological polar surface area (TPSA) is 104 Å². The van der Waals surface area contributed by atoms with Crippen LogP contribution in [0.15, 0.2) is 24.6 Å². The molecule has 7 heteroatoms. The van der Waals surface area contributed by atoms with Crippen LogP contribution in [0, 0.1) is 0 Å². The molecule has 0 bridgehead atoms. The van der Waals surface area contributed by atoms with Gasteiger partial charge in [0, 0.05) is 0 Å². The van der Waals surface area contributed by atoms with E-state index in [1.807, 2.05) is 0 Å². The van der Waals surface area contributed by atoms with E-state index in [9.17, 15) is 19.8 Å². The van der Waals surface area contributed by atoms with Crippen LogP contribution in [0.3, 0.4) is 0 Å². The van der Waals surface area contributed by atoms with Crippen molar-refractivity contribution in [1.82, 2.24) is 10.6 Å². The molecule has 2 atom stereocenters. The second kappa shape index (κ2) is 7.96. The smallest absolute Gasteiger partial charge is 0.548 e. The molecule has 6 nitrogen and oxygen atoms in total. The van der Waals surface area contributed by atoms with Crippen LogP contribution in [0.2, 0.25) is 0 Å². The zero-order chi connectivity index (χ0) is 12.0. The first-order chi connectivity index (χ1) is 7.61. The Morgan fingerprint density at radius 3 is 1.41 bits per heavy atom. The standard InChI is InChI=1S/2C5H7NO2.Mg/c2*7-5(8)4-2-1-3-6-4;/h2*1,3-4,6H,2H2,(H,7,8);/q;;+2/p-2. The minimum Gasteiger partial charge on any atom is -0.548 e. The molecule has 0 amide bonds. The number of carbonyl (C=O) groups is 2. The Bertz CT molecular complexity index is 282. The number of hydrogen-bond donors (Lipinski definition) is 2. The minimum absolute atomic E-state index is 0. The van der Waals surface area contributed by atoms with E-state index in [4.69, 9.17) is 0 Å². The van der Waals surface area contributed by atoms with Crippen LogP contribution >= 0.6 is 0 Å². The predicted molar refractivity (Wildman–Crippen MR) is 57.1 cm³/mol. The number of carboxylic acids is 2. The Balaban J connectivity index is 0.000000284. The minimum atomic E-state index is -1.03. The van der Waals surface area contributed by atoms with Crippen LogP contribution < -0.4 is 20.8 Å². The van der Waals surface area contributed by atoms with Crippen LogP contribution in [0.25, 0.3) is 0 Å². The fraction of sp³-hybridized carbons (Fsp3) is 0.400. The fourth-order valence-electron chi connectivity index (χ4n) is 1.24. The Morgan fingerprint density at radius 2 is 1.29 bits per heavy atom. The van der Waals surface area contributed by atoms with E-state index in [-0.39, 0.29) is 23.1 Å². The summed E-state index contributed by atoms with van der Waals surface area (Å²) >= 11 is 0. The normalized spacial score (nSPS) is 23.8. The average molecular weight is 249 g/mol. The van der Waals surface area contributed by atoms with E-state index in [1.165, 1.54) is 0 Å². The Morgan fingerprint density at radius 1 is 0.941 bits per heavy atom. The predicted octanol–water partition coefficient (Wildman–Crippen LogP) is -3.16. The Hall–Kier alpha value is -1.21. The van der Waals surface area contributed by atoms with Crippen molar-refractivity contribution in [2.75, 3.05) is 0 Å². The molecule has 2 aliphatic rings. The summed E-state index contributed by atoms with van der Waals surface area (Å²) in [6.45, 7) is 0. The number of rotatable bonds is 2. The maximum Gasteiger partial charge on any atom is 2.00 e. The van der Waals surface area contributed by atoms with Crippen molar-refractivity contribution in [3.05, 3.63) is 24.6 Å². The molecule has 0 saturated heterocycles. The first kappa shape index (κ1) is 15.8. The molecule has 2 rings (SSSR count). The van der Waals surface area contributed by atoms with E-state index in [0.717, 1.165) is 0 Å². The van der Waals surface area contributed by atoms with Gasteiger partial charge in [0.25, 0.3) is 0 Å². The molecule has 0 fully saturated rings. The molecule has 17 heavy (non-hydrogen) atoms. The molecule has 0 aromatic heterocycles. The summed E-state index contributed by atoms with van der Waals surface area (Å²) in [7, 11) is 0. The van der Waals surface area contributed by atoms with Gasteiger partial charge >= 0.3 is 23.1 Å². The summed E-state index contributed by atoms with van der Waals surface area (Å²) in [4.78, 5) is 20.0. The summed E-state index contributed by atoms with van der Waals surface area (Å²) in [5.41, 5.74) is 0. The Kier molecular flexibility index (Phi) is 7.39. The van der Waals surface area contributed by atoms with Gasteiger partial charge in [0.05, 0.1) is 24.0 Å². The third-order valence-corrected chi connectivity index (χ3v) is 2.14. The van der Waals surface area contributed by atoms with Gasteiger partial charge in [-0.3, -0.25) is 0 Å². The number of carboxylic acid groups (broad SMARTS) is 2. The quantitative estimate of drug-likeness (QED) is 0.500. The second-order valence-corrected chi connectivity index (χ2v) is 3.35. The van der Waals surface area contributed by atoms with Gasteiger partial charge in [-0.1, -0.05) is 12.2 Å². The number of hydrogen-bond acceptors (Lipinski definition) is 6. The largest absolute Gasteiger partial charge is 2.00 e. The van der Waals surface area contributed by atoms with Gasteiger partial charge in [-0.25, -0.2) is 0 Å². The van der Waals surface area contributed by atoms with Crippen molar-refractivity contribution in [3.8, 4) is 0 Å². The first-order valence-corrected chi connectivity index (χ1v) is 4.85. The molecular formula is C10H12MgN2O4. The fourth-order valence-corrected chi connectivity index (χ4v) is 1.24. The average Bonchev–Trinajstić information content (AvgIpc) is 2.93. The number of nitrogens with one attached hydrogen (secondary N) is 2. The summed E-state index contributed by atoms with van der Waals surface area (Å²) in [5.74, 6) is -2.06. The molecule has 2 heterocycles. The molecule has 0 aliphatic carbocycles. The molecule has 2 aliphatic heterocycles. The second-order valence-electron chi connectivity index (χ2n) is 3.35. The molecule has 2 N–H and O–H groups in total. The van der Waals surface area contributed by atoms with E-state index in [0.29, 0.717) is 12.8 Å². The van der Waals surface area contributed by atoms with Crippen LogP contribution in [0.5, 0.6) is 0 Å². The molecule has 88 valence electrons. The van der Waals surface area contributed by atoms with E-state index >= 15 is 0 Å². The summed E-state index contributed by atoms with van der Waals surface area (Å²) in [5, 5.41) is 25.2. The summed E-state index contributed by atoms with van der Waals surface area (Å²) < 4.78 is 0. The molecule has 0 radical (unpaired) electrons. The van der Waals surface area contributed by atoms with Crippen LogP contribution in [0.4, 0.5) is 0 Å². The van der Waals surface area contributed by atoms with E-state index in [2.05, 4.69) is 10.6 Å². The van der Waals surface area contributed by atoms with Gasteiger partial charge < -0.3 is 30.4 Å². The molecule has 0 spiro atoms. The molecule has 0 aromatic rings. The van der Waals surface area contributed by atoms with Crippen molar-refractivity contribution in [2.45, 2.75) is 24.9 Å².